The maximum atomic E-state index is 12.4. The molecule has 1 atom stereocenters. The van der Waals surface area contributed by atoms with Crippen LogP contribution in [-0.2, 0) is 11.3 Å². The van der Waals surface area contributed by atoms with E-state index in [1.165, 1.54) is 11.8 Å². The summed E-state index contributed by atoms with van der Waals surface area (Å²) in [6, 6.07) is 14.0. The van der Waals surface area contributed by atoms with Gasteiger partial charge in [-0.3, -0.25) is 9.59 Å². The van der Waals surface area contributed by atoms with Crippen LogP contribution in [0, 0.1) is 0 Å². The Bertz CT molecular complexity index is 962. The number of hydrogen-bond donors (Lipinski definition) is 2. The van der Waals surface area contributed by atoms with Crippen LogP contribution in [0.15, 0.2) is 59.9 Å². The zero-order chi connectivity index (χ0) is 20.6. The number of rotatable bonds is 8. The zero-order valence-corrected chi connectivity index (χ0v) is 17.0. The van der Waals surface area contributed by atoms with Crippen molar-refractivity contribution >= 4 is 29.4 Å². The molecular weight excluding hydrogens is 388 g/mol. The minimum absolute atomic E-state index is 0.173. The lowest BCUT2D eigenvalue weighted by Crippen LogP contribution is -2.28. The van der Waals surface area contributed by atoms with Gasteiger partial charge in [0.2, 0.25) is 5.91 Å². The van der Waals surface area contributed by atoms with Gasteiger partial charge < -0.3 is 15.2 Å². The number of aromatic nitrogens is 4. The molecule has 0 aliphatic heterocycles. The third-order valence-corrected chi connectivity index (χ3v) is 5.06. The van der Waals surface area contributed by atoms with Crippen molar-refractivity contribution in [3.05, 3.63) is 66.1 Å². The minimum atomic E-state index is -0.327. The van der Waals surface area contributed by atoms with E-state index < -0.39 is 0 Å². The van der Waals surface area contributed by atoms with E-state index >= 15 is 0 Å². The molecule has 0 unspecified atom stereocenters. The number of hydrogen-bond acceptors (Lipinski definition) is 6. The van der Waals surface area contributed by atoms with E-state index in [9.17, 15) is 9.59 Å². The van der Waals surface area contributed by atoms with Gasteiger partial charge in [0, 0.05) is 18.3 Å². The Kier molecular flexibility index (Phi) is 6.96. The second-order valence-electron chi connectivity index (χ2n) is 6.20. The predicted molar refractivity (Wildman–Crippen MR) is 112 cm³/mol. The van der Waals surface area contributed by atoms with Gasteiger partial charge in [0.05, 0.1) is 11.8 Å². The molecule has 2 N–H and O–H groups in total. The molecule has 0 radical (unpaired) electrons. The smallest absolute Gasteiger partial charge is 0.251 e. The lowest BCUT2D eigenvalue weighted by Gasteiger charge is -2.15. The van der Waals surface area contributed by atoms with Gasteiger partial charge in [-0.05, 0) is 38.1 Å². The molecule has 2 heterocycles. The van der Waals surface area contributed by atoms with E-state index in [0.717, 1.165) is 0 Å². The fourth-order valence-electron chi connectivity index (χ4n) is 2.70. The summed E-state index contributed by atoms with van der Waals surface area (Å²) < 4.78 is 1.90. The Hall–Kier alpha value is -3.20. The van der Waals surface area contributed by atoms with Gasteiger partial charge in [0.25, 0.3) is 5.91 Å². The fraction of sp³-hybridized carbons (Fsp3) is 0.250. The van der Waals surface area contributed by atoms with Crippen LogP contribution in [0.1, 0.15) is 36.1 Å². The molecule has 0 saturated heterocycles. The molecule has 9 heteroatoms. The molecule has 0 saturated carbocycles. The second-order valence-corrected chi connectivity index (χ2v) is 7.14. The molecule has 150 valence electrons. The summed E-state index contributed by atoms with van der Waals surface area (Å²) in [6.07, 6.45) is 1.62. The lowest BCUT2D eigenvalue weighted by molar-refractivity contribution is -0.113. The van der Waals surface area contributed by atoms with Gasteiger partial charge >= 0.3 is 0 Å². The van der Waals surface area contributed by atoms with Crippen molar-refractivity contribution in [3.8, 4) is 0 Å². The molecule has 0 aliphatic rings. The van der Waals surface area contributed by atoms with Crippen LogP contribution >= 0.6 is 11.8 Å². The molecule has 2 aromatic heterocycles. The van der Waals surface area contributed by atoms with Crippen molar-refractivity contribution in [2.75, 3.05) is 11.1 Å². The summed E-state index contributed by atoms with van der Waals surface area (Å²) in [6.45, 7) is 4.45. The van der Waals surface area contributed by atoms with Crippen LogP contribution in [0.3, 0.4) is 0 Å². The molecule has 3 rings (SSSR count). The molecule has 29 heavy (non-hydrogen) atoms. The first-order valence-electron chi connectivity index (χ1n) is 9.21. The van der Waals surface area contributed by atoms with Crippen molar-refractivity contribution in [2.45, 2.75) is 31.6 Å². The highest BCUT2D eigenvalue weighted by Crippen LogP contribution is 2.21. The number of nitrogens with one attached hydrogen (secondary N) is 2. The van der Waals surface area contributed by atoms with Crippen LogP contribution in [0.5, 0.6) is 0 Å². The monoisotopic (exact) mass is 410 g/mol. The van der Waals surface area contributed by atoms with E-state index in [0.29, 0.717) is 28.9 Å². The molecule has 0 aliphatic carbocycles. The Morgan fingerprint density at radius 1 is 1.10 bits per heavy atom. The number of pyridine rings is 1. The molecule has 3 aromatic rings. The van der Waals surface area contributed by atoms with E-state index in [2.05, 4.69) is 25.8 Å². The number of carbonyl (C=O) groups excluding carboxylic acids is 2. The summed E-state index contributed by atoms with van der Waals surface area (Å²) >= 11 is 1.29. The van der Waals surface area contributed by atoms with E-state index in [-0.39, 0.29) is 23.6 Å². The van der Waals surface area contributed by atoms with Gasteiger partial charge in [0.1, 0.15) is 5.82 Å². The first-order chi connectivity index (χ1) is 14.1. The van der Waals surface area contributed by atoms with E-state index in [1.807, 2.05) is 36.6 Å². The first-order valence-corrected chi connectivity index (χ1v) is 10.2. The van der Waals surface area contributed by atoms with Crippen LogP contribution in [0.25, 0.3) is 0 Å². The van der Waals surface area contributed by atoms with Crippen molar-refractivity contribution in [1.29, 1.82) is 0 Å². The number of benzene rings is 1. The SMILES string of the molecule is CCn1c(SCC(=O)Nc2ccccn2)nnc1[C@H](C)NC(=O)c1ccccc1. The maximum absolute atomic E-state index is 12.4. The molecule has 0 bridgehead atoms. The van der Waals surface area contributed by atoms with E-state index in [1.54, 1.807) is 36.5 Å². The fourth-order valence-corrected chi connectivity index (χ4v) is 3.51. The first kappa shape index (κ1) is 20.5. The van der Waals surface area contributed by atoms with Crippen LogP contribution < -0.4 is 10.6 Å². The second kappa shape index (κ2) is 9.83. The van der Waals surface area contributed by atoms with Crippen molar-refractivity contribution in [2.24, 2.45) is 0 Å². The summed E-state index contributed by atoms with van der Waals surface area (Å²) in [5, 5.41) is 14.7. The largest absolute Gasteiger partial charge is 0.342 e. The molecule has 0 spiro atoms. The van der Waals surface area contributed by atoms with Crippen molar-refractivity contribution < 1.29 is 9.59 Å². The third kappa shape index (κ3) is 5.41. The normalized spacial score (nSPS) is 11.7. The van der Waals surface area contributed by atoms with Crippen molar-refractivity contribution in [3.63, 3.8) is 0 Å². The highest BCUT2D eigenvalue weighted by molar-refractivity contribution is 7.99. The average molecular weight is 411 g/mol. The quantitative estimate of drug-likeness (QED) is 0.554. The van der Waals surface area contributed by atoms with Crippen LogP contribution in [-0.4, -0.2) is 37.3 Å². The number of thioether (sulfide) groups is 1. The summed E-state index contributed by atoms with van der Waals surface area (Å²) in [5.74, 6) is 0.982. The Balaban J connectivity index is 1.62. The Labute approximate surface area is 173 Å². The molecule has 0 fully saturated rings. The average Bonchev–Trinajstić information content (AvgIpc) is 3.16. The van der Waals surface area contributed by atoms with Crippen molar-refractivity contribution in [1.82, 2.24) is 25.1 Å². The Morgan fingerprint density at radius 3 is 2.55 bits per heavy atom. The number of nitrogens with zero attached hydrogens (tertiary/aromatic N) is 4. The summed E-state index contributed by atoms with van der Waals surface area (Å²) in [5.41, 5.74) is 0.586. The van der Waals surface area contributed by atoms with Gasteiger partial charge in [-0.2, -0.15) is 0 Å². The number of anilines is 1. The predicted octanol–water partition coefficient (Wildman–Crippen LogP) is 2.91. The number of carbonyl (C=O) groups is 2. The lowest BCUT2D eigenvalue weighted by atomic mass is 10.2. The van der Waals surface area contributed by atoms with Gasteiger partial charge in [-0.1, -0.05) is 36.0 Å². The molecule has 8 nitrogen and oxygen atoms in total. The van der Waals surface area contributed by atoms with E-state index in [4.69, 9.17) is 0 Å². The van der Waals surface area contributed by atoms with Gasteiger partial charge in [-0.25, -0.2) is 4.98 Å². The molecule has 1 aromatic carbocycles. The molecule has 2 amide bonds. The molecular formula is C20H22N6O2S. The summed E-state index contributed by atoms with van der Waals surface area (Å²) in [4.78, 5) is 28.6. The Morgan fingerprint density at radius 2 is 1.86 bits per heavy atom. The highest BCUT2D eigenvalue weighted by Gasteiger charge is 2.20. The number of amides is 2. The topological polar surface area (TPSA) is 102 Å². The summed E-state index contributed by atoms with van der Waals surface area (Å²) in [7, 11) is 0. The maximum Gasteiger partial charge on any atom is 0.251 e. The van der Waals surface area contributed by atoms with Gasteiger partial charge in [0.15, 0.2) is 11.0 Å². The van der Waals surface area contributed by atoms with Crippen LogP contribution in [0.4, 0.5) is 5.82 Å². The van der Waals surface area contributed by atoms with Gasteiger partial charge in [-0.15, -0.1) is 10.2 Å². The zero-order valence-electron chi connectivity index (χ0n) is 16.2. The minimum Gasteiger partial charge on any atom is -0.342 e. The van der Waals surface area contributed by atoms with Crippen LogP contribution in [0.2, 0.25) is 0 Å². The standard InChI is InChI=1S/C20H22N6O2S/c1-3-26-18(14(2)22-19(28)15-9-5-4-6-10-15)24-25-20(26)29-13-17(27)23-16-11-7-8-12-21-16/h4-12,14H,3,13H2,1-2H3,(H,22,28)(H,21,23,27)/t14-/m0/s1. The highest BCUT2D eigenvalue weighted by atomic mass is 32.2. The third-order valence-electron chi connectivity index (χ3n) is 4.10.